The minimum absolute atomic E-state index is 0.234. The molecule has 0 radical (unpaired) electrons. The molecule has 3 aliphatic rings. The highest BCUT2D eigenvalue weighted by molar-refractivity contribution is 5.76. The molecule has 0 saturated carbocycles. The van der Waals surface area contributed by atoms with E-state index in [0.717, 1.165) is 44.9 Å². The van der Waals surface area contributed by atoms with Crippen LogP contribution in [-0.2, 0) is 33.2 Å². The van der Waals surface area contributed by atoms with Gasteiger partial charge in [0.05, 0.1) is 38.6 Å². The molecule has 0 aromatic heterocycles. The van der Waals surface area contributed by atoms with Crippen molar-refractivity contribution < 1.29 is 89.4 Å². The number of aliphatic hydroxyl groups is 11. The van der Waals surface area contributed by atoms with Gasteiger partial charge in [-0.3, -0.25) is 4.79 Å². The number of nitrogens with one attached hydrogen (secondary N) is 1. The number of aliphatic hydroxyl groups excluding tert-OH is 11. The molecule has 0 aliphatic carbocycles. The van der Waals surface area contributed by atoms with Gasteiger partial charge in [-0.15, -0.1) is 0 Å². The van der Waals surface area contributed by atoms with E-state index >= 15 is 0 Å². The first-order valence-electron chi connectivity index (χ1n) is 30.2. The van der Waals surface area contributed by atoms with Crippen LogP contribution in [0.5, 0.6) is 0 Å². The van der Waals surface area contributed by atoms with Gasteiger partial charge in [0.25, 0.3) is 0 Å². The lowest BCUT2D eigenvalue weighted by atomic mass is 9.96. The van der Waals surface area contributed by atoms with Crippen LogP contribution in [0.15, 0.2) is 36.5 Å². The van der Waals surface area contributed by atoms with Crippen molar-refractivity contribution in [2.75, 3.05) is 26.4 Å². The molecule has 3 fully saturated rings. The van der Waals surface area contributed by atoms with E-state index < -0.39 is 124 Å². The number of carbonyl (C=O) groups is 1. The molecular weight excluding hydrogens is 1010 g/mol. The second-order valence-electron chi connectivity index (χ2n) is 21.8. The highest BCUT2D eigenvalue weighted by atomic mass is 16.8. The van der Waals surface area contributed by atoms with Crippen molar-refractivity contribution >= 4 is 5.91 Å². The molecule has 3 saturated heterocycles. The van der Waals surface area contributed by atoms with Crippen molar-refractivity contribution in [2.45, 2.75) is 304 Å². The monoisotopic (exact) mass is 1120 g/mol. The minimum Gasteiger partial charge on any atom is -0.394 e. The van der Waals surface area contributed by atoms with E-state index in [1.165, 1.54) is 122 Å². The van der Waals surface area contributed by atoms with E-state index in [9.17, 15) is 61.0 Å². The van der Waals surface area contributed by atoms with E-state index in [4.69, 9.17) is 28.4 Å². The Kier molecular flexibility index (Phi) is 38.5. The lowest BCUT2D eigenvalue weighted by molar-refractivity contribution is -0.379. The number of allylic oxidation sites excluding steroid dienone is 5. The molecule has 19 nitrogen and oxygen atoms in total. The van der Waals surface area contributed by atoms with Crippen LogP contribution >= 0.6 is 0 Å². The summed E-state index contributed by atoms with van der Waals surface area (Å²) < 4.78 is 34.2. The summed E-state index contributed by atoms with van der Waals surface area (Å²) in [4.78, 5) is 13.3. The van der Waals surface area contributed by atoms with Gasteiger partial charge in [-0.05, 0) is 44.9 Å². The fraction of sp³-hybridized carbons (Fsp3) is 0.881. The molecule has 17 unspecified atom stereocenters. The van der Waals surface area contributed by atoms with Crippen LogP contribution in [0.1, 0.15) is 200 Å². The van der Waals surface area contributed by atoms with Crippen molar-refractivity contribution in [1.29, 1.82) is 0 Å². The fourth-order valence-corrected chi connectivity index (χ4v) is 10.2. The summed E-state index contributed by atoms with van der Waals surface area (Å²) in [5, 5.41) is 120. The zero-order valence-corrected chi connectivity index (χ0v) is 47.4. The summed E-state index contributed by atoms with van der Waals surface area (Å²) in [6, 6.07) is -0.992. The third kappa shape index (κ3) is 26.5. The maximum Gasteiger partial charge on any atom is 0.220 e. The van der Waals surface area contributed by atoms with Gasteiger partial charge in [-0.25, -0.2) is 0 Å². The second kappa shape index (κ2) is 42.8. The molecule has 0 aromatic carbocycles. The molecule has 12 N–H and O–H groups in total. The largest absolute Gasteiger partial charge is 0.394 e. The van der Waals surface area contributed by atoms with Crippen molar-refractivity contribution in [3.05, 3.63) is 36.5 Å². The standard InChI is InChI=1S/C59H107NO18/c1-3-5-7-9-11-13-15-17-18-19-20-21-22-23-24-25-26-28-30-32-34-36-43(64)42(60-47(65)37-35-33-31-29-27-16-14-12-10-8-6-4-2)41-73-57-53(71)50(68)55(45(39-62)75-57)78-59-54(72)51(69)56(46(40-63)76-59)77-58-52(70)49(67)48(66)44(38-61)74-58/h22-23,26,28,34,36,42-46,48-59,61-64,66-72H,3-21,24-25,27,29-33,35,37-41H2,1-2H3,(H,60,65)/b23-22+,28-26+,36-34+. The van der Waals surface area contributed by atoms with Gasteiger partial charge in [0.1, 0.15) is 73.2 Å². The van der Waals surface area contributed by atoms with Gasteiger partial charge < -0.3 is 89.9 Å². The maximum atomic E-state index is 13.3. The summed E-state index contributed by atoms with van der Waals surface area (Å²) in [7, 11) is 0. The van der Waals surface area contributed by atoms with Crippen molar-refractivity contribution in [2.24, 2.45) is 0 Å². The Morgan fingerprint density at radius 2 is 0.821 bits per heavy atom. The summed E-state index contributed by atoms with van der Waals surface area (Å²) in [6.45, 7) is 1.68. The molecule has 3 aliphatic heterocycles. The zero-order valence-electron chi connectivity index (χ0n) is 47.4. The van der Waals surface area contributed by atoms with E-state index in [-0.39, 0.29) is 18.9 Å². The van der Waals surface area contributed by atoms with Gasteiger partial charge in [-0.2, -0.15) is 0 Å². The molecule has 0 aromatic rings. The third-order valence-corrected chi connectivity index (χ3v) is 15.2. The molecule has 3 rings (SSSR count). The smallest absolute Gasteiger partial charge is 0.220 e. The highest BCUT2D eigenvalue weighted by Gasteiger charge is 2.53. The van der Waals surface area contributed by atoms with Crippen LogP contribution in [0.3, 0.4) is 0 Å². The highest BCUT2D eigenvalue weighted by Crippen LogP contribution is 2.33. The first-order valence-corrected chi connectivity index (χ1v) is 30.2. The quantitative estimate of drug-likeness (QED) is 0.0271. The van der Waals surface area contributed by atoms with Crippen molar-refractivity contribution in [3.8, 4) is 0 Å². The molecule has 3 heterocycles. The Labute approximate surface area is 466 Å². The molecule has 78 heavy (non-hydrogen) atoms. The SMILES string of the molecule is CCCCCCCCCCCCC/C=C/CC/C=C/CC/C=C/C(O)C(COC1OC(CO)C(OC2OC(CO)C(OC3OC(CO)C(O)C(O)C3O)C(O)C2O)C(O)C1O)NC(=O)CCCCCCCCCCCCCC. The minimum atomic E-state index is -1.98. The van der Waals surface area contributed by atoms with Gasteiger partial charge in [0, 0.05) is 6.42 Å². The van der Waals surface area contributed by atoms with Crippen LogP contribution in [0.4, 0.5) is 0 Å². The Morgan fingerprint density at radius 3 is 1.28 bits per heavy atom. The molecule has 1 amide bonds. The third-order valence-electron chi connectivity index (χ3n) is 15.2. The summed E-state index contributed by atoms with van der Waals surface area (Å²) in [5.41, 5.74) is 0. The van der Waals surface area contributed by atoms with Crippen LogP contribution in [-0.4, -0.2) is 193 Å². The van der Waals surface area contributed by atoms with E-state index in [1.807, 2.05) is 6.08 Å². The number of amides is 1. The second-order valence-corrected chi connectivity index (χ2v) is 21.8. The first-order chi connectivity index (χ1) is 37.8. The molecule has 456 valence electrons. The number of rotatable bonds is 44. The summed E-state index contributed by atoms with van der Waals surface area (Å²) in [5.74, 6) is -0.291. The van der Waals surface area contributed by atoms with Gasteiger partial charge in [0.2, 0.25) is 5.91 Å². The van der Waals surface area contributed by atoms with Crippen LogP contribution < -0.4 is 5.32 Å². The lowest BCUT2D eigenvalue weighted by Crippen LogP contribution is -2.66. The summed E-state index contributed by atoms with van der Waals surface area (Å²) >= 11 is 0. The number of hydrogen-bond donors (Lipinski definition) is 12. The molecule has 17 atom stereocenters. The first kappa shape index (κ1) is 70.3. The Hall–Kier alpha value is -1.99. The predicted molar refractivity (Wildman–Crippen MR) is 296 cm³/mol. The Bertz CT molecular complexity index is 1570. The average molecular weight is 1120 g/mol. The summed E-state index contributed by atoms with van der Waals surface area (Å²) in [6.07, 6.45) is 18.5. The van der Waals surface area contributed by atoms with E-state index in [1.54, 1.807) is 6.08 Å². The van der Waals surface area contributed by atoms with E-state index in [2.05, 4.69) is 43.5 Å². The molecule has 0 spiro atoms. The van der Waals surface area contributed by atoms with Crippen molar-refractivity contribution in [1.82, 2.24) is 5.32 Å². The zero-order chi connectivity index (χ0) is 56.9. The maximum absolute atomic E-state index is 13.3. The number of hydrogen-bond acceptors (Lipinski definition) is 18. The van der Waals surface area contributed by atoms with Gasteiger partial charge in [0.15, 0.2) is 18.9 Å². The fourth-order valence-electron chi connectivity index (χ4n) is 10.2. The van der Waals surface area contributed by atoms with Gasteiger partial charge >= 0.3 is 0 Å². The number of carbonyl (C=O) groups excluding carboxylic acids is 1. The van der Waals surface area contributed by atoms with Crippen LogP contribution in [0.2, 0.25) is 0 Å². The lowest BCUT2D eigenvalue weighted by Gasteiger charge is -2.48. The topological polar surface area (TPSA) is 307 Å². The number of ether oxygens (including phenoxy) is 6. The van der Waals surface area contributed by atoms with E-state index in [0.29, 0.717) is 12.8 Å². The van der Waals surface area contributed by atoms with Crippen molar-refractivity contribution in [3.63, 3.8) is 0 Å². The normalized spacial score (nSPS) is 30.7. The Morgan fingerprint density at radius 1 is 0.449 bits per heavy atom. The van der Waals surface area contributed by atoms with Gasteiger partial charge in [-0.1, -0.05) is 185 Å². The number of unbranched alkanes of at least 4 members (excludes halogenated alkanes) is 24. The molecule has 19 heteroatoms. The predicted octanol–water partition coefficient (Wildman–Crippen LogP) is 5.32. The molecular formula is C59H107NO18. The average Bonchev–Trinajstić information content (AvgIpc) is 3.43. The van der Waals surface area contributed by atoms with Crippen LogP contribution in [0, 0.1) is 0 Å². The van der Waals surface area contributed by atoms with Crippen LogP contribution in [0.25, 0.3) is 0 Å². The molecule has 0 bridgehead atoms. The Balaban J connectivity index is 1.51.